The minimum Gasteiger partial charge on any atom is -0.439 e. The molecule has 172 valence electrons. The number of carbonyl (C=O) groups excluding carboxylic acids is 1. The van der Waals surface area contributed by atoms with E-state index in [4.69, 9.17) is 4.74 Å². The first kappa shape index (κ1) is 23.0. The molecule has 0 radical (unpaired) electrons. The smallest absolute Gasteiger partial charge is 0.433 e. The van der Waals surface area contributed by atoms with Crippen LogP contribution in [0.2, 0.25) is 0 Å². The lowest BCUT2D eigenvalue weighted by Crippen LogP contribution is -2.28. The van der Waals surface area contributed by atoms with Crippen molar-refractivity contribution in [1.29, 1.82) is 0 Å². The number of aromatic nitrogens is 1. The zero-order chi connectivity index (χ0) is 23.4. The zero-order valence-electron chi connectivity index (χ0n) is 18.4. The lowest BCUT2D eigenvalue weighted by atomic mass is 9.81. The summed E-state index contributed by atoms with van der Waals surface area (Å²) in [5.41, 5.74) is 2.07. The third-order valence-corrected chi connectivity index (χ3v) is 5.93. The fraction of sp³-hybridized carbons (Fsp3) is 0.346. The highest BCUT2D eigenvalue weighted by Gasteiger charge is 2.41. The van der Waals surface area contributed by atoms with Gasteiger partial charge in [-0.25, -0.2) is 4.98 Å². The molecule has 0 N–H and O–H groups in total. The molecule has 4 rings (SSSR count). The number of nitrogens with zero attached hydrogens (tertiary/aromatic N) is 2. The fourth-order valence-electron chi connectivity index (χ4n) is 4.21. The number of alkyl halides is 3. The second-order valence-electron chi connectivity index (χ2n) is 8.53. The van der Waals surface area contributed by atoms with Gasteiger partial charge in [0.15, 0.2) is 5.78 Å². The summed E-state index contributed by atoms with van der Waals surface area (Å²) in [5.74, 6) is 0.877. The molecule has 0 bridgehead atoms. The predicted octanol–water partition coefficient (Wildman–Crippen LogP) is 6.66. The average Bonchev–Trinajstić information content (AvgIpc) is 3.28. The third-order valence-electron chi connectivity index (χ3n) is 5.93. The van der Waals surface area contributed by atoms with E-state index in [0.717, 1.165) is 36.8 Å². The highest BCUT2D eigenvalue weighted by molar-refractivity contribution is 6.25. The number of pyridine rings is 1. The van der Waals surface area contributed by atoms with Crippen molar-refractivity contribution < 1.29 is 22.7 Å². The Bertz CT molecular complexity index is 1110. The molecule has 33 heavy (non-hydrogen) atoms. The molecule has 1 aromatic heterocycles. The van der Waals surface area contributed by atoms with Crippen molar-refractivity contribution >= 4 is 17.6 Å². The molecule has 1 aliphatic carbocycles. The number of hydrogen-bond acceptors (Lipinski definition) is 4. The molecule has 0 saturated heterocycles. The van der Waals surface area contributed by atoms with Crippen molar-refractivity contribution in [3.63, 3.8) is 0 Å². The summed E-state index contributed by atoms with van der Waals surface area (Å²) >= 11 is 0. The number of aryl methyl sites for hydroxylation is 1. The van der Waals surface area contributed by atoms with Gasteiger partial charge >= 0.3 is 6.18 Å². The van der Waals surface area contributed by atoms with Gasteiger partial charge in [0, 0.05) is 24.3 Å². The minimum atomic E-state index is -4.58. The lowest BCUT2D eigenvalue weighted by Gasteiger charge is -2.24. The van der Waals surface area contributed by atoms with E-state index in [0.29, 0.717) is 11.6 Å². The van der Waals surface area contributed by atoms with E-state index < -0.39 is 17.7 Å². The molecule has 7 heteroatoms. The van der Waals surface area contributed by atoms with Crippen molar-refractivity contribution in [2.75, 3.05) is 6.54 Å². The average molecular weight is 454 g/mol. The predicted molar refractivity (Wildman–Crippen MR) is 121 cm³/mol. The largest absolute Gasteiger partial charge is 0.439 e. The molecule has 2 heterocycles. The highest BCUT2D eigenvalue weighted by Crippen LogP contribution is 2.34. The molecule has 1 aliphatic heterocycles. The summed E-state index contributed by atoms with van der Waals surface area (Å²) in [6.07, 6.45) is 3.95. The van der Waals surface area contributed by atoms with Gasteiger partial charge in [-0.15, -0.1) is 0 Å². The first-order chi connectivity index (χ1) is 15.8. The Morgan fingerprint density at radius 2 is 1.97 bits per heavy atom. The quantitative estimate of drug-likeness (QED) is 0.491. The van der Waals surface area contributed by atoms with Gasteiger partial charge in [0.05, 0.1) is 6.54 Å². The van der Waals surface area contributed by atoms with E-state index in [1.165, 1.54) is 11.6 Å². The summed E-state index contributed by atoms with van der Waals surface area (Å²) in [5, 5.41) is 0. The second-order valence-corrected chi connectivity index (χ2v) is 8.53. The van der Waals surface area contributed by atoms with Crippen LogP contribution in [0.25, 0.3) is 6.08 Å². The Hall–Kier alpha value is -3.22. The maximum atomic E-state index is 13.0. The van der Waals surface area contributed by atoms with Crippen molar-refractivity contribution in [3.8, 4) is 11.6 Å². The Labute approximate surface area is 190 Å². The molecule has 0 amide bonds. The van der Waals surface area contributed by atoms with Crippen LogP contribution in [-0.2, 0) is 4.79 Å². The topological polar surface area (TPSA) is 51.5 Å². The Morgan fingerprint density at radius 3 is 2.67 bits per heavy atom. The number of halogens is 3. The van der Waals surface area contributed by atoms with Gasteiger partial charge in [-0.05, 0) is 61.8 Å². The normalized spacial score (nSPS) is 18.5. The van der Waals surface area contributed by atoms with E-state index in [-0.39, 0.29) is 24.5 Å². The number of rotatable bonds is 6. The van der Waals surface area contributed by atoms with Crippen LogP contribution in [0.3, 0.4) is 0 Å². The van der Waals surface area contributed by atoms with Crippen LogP contribution in [0, 0.1) is 12.8 Å². The molecule has 0 unspecified atom stereocenters. The first-order valence-corrected chi connectivity index (χ1v) is 11.0. The van der Waals surface area contributed by atoms with Crippen molar-refractivity contribution in [1.82, 2.24) is 4.98 Å². The molecule has 2 aromatic rings. The molecular formula is C26H25F3N2O2. The number of ketones is 1. The summed E-state index contributed by atoms with van der Waals surface area (Å²) in [6.45, 7) is 1.89. The van der Waals surface area contributed by atoms with Crippen LogP contribution in [0.5, 0.6) is 11.6 Å². The van der Waals surface area contributed by atoms with Gasteiger partial charge in [-0.1, -0.05) is 35.9 Å². The van der Waals surface area contributed by atoms with Crippen LogP contribution >= 0.6 is 0 Å². The van der Waals surface area contributed by atoms with E-state index in [2.05, 4.69) is 16.1 Å². The monoisotopic (exact) mass is 454 g/mol. The van der Waals surface area contributed by atoms with Crippen molar-refractivity contribution in [3.05, 3.63) is 70.9 Å². The highest BCUT2D eigenvalue weighted by atomic mass is 19.4. The molecule has 1 aromatic carbocycles. The van der Waals surface area contributed by atoms with Gasteiger partial charge < -0.3 is 4.74 Å². The Kier molecular flexibility index (Phi) is 6.77. The maximum absolute atomic E-state index is 13.0. The molecular weight excluding hydrogens is 429 g/mol. The second kappa shape index (κ2) is 9.73. The standard InChI is InChI=1S/C26H25F3N2O2/c1-17-5-10-24(31-16-17)33-21-4-2-3-20(14-21)13-18-6-8-19(9-7-18)15-23(32)22-11-12-30-25(22)26(27,28)29/h2-5,10-11,13-14,16,19H,6-9,12,15H2,1H3. The molecule has 1 saturated carbocycles. The Morgan fingerprint density at radius 1 is 1.18 bits per heavy atom. The van der Waals surface area contributed by atoms with E-state index in [9.17, 15) is 18.0 Å². The SMILES string of the molecule is Cc1ccc(Oc2cccc(C=C3CCC(CC(=O)C4=CCN=C4C(F)(F)F)CC3)c2)nc1. The summed E-state index contributed by atoms with van der Waals surface area (Å²) in [7, 11) is 0. The summed E-state index contributed by atoms with van der Waals surface area (Å²) in [6, 6.07) is 11.5. The van der Waals surface area contributed by atoms with Gasteiger partial charge in [-0.2, -0.15) is 13.2 Å². The first-order valence-electron chi connectivity index (χ1n) is 11.0. The van der Waals surface area contributed by atoms with Crippen molar-refractivity contribution in [2.24, 2.45) is 10.9 Å². The van der Waals surface area contributed by atoms with E-state index >= 15 is 0 Å². The van der Waals surface area contributed by atoms with Gasteiger partial charge in [0.2, 0.25) is 5.88 Å². The van der Waals surface area contributed by atoms with Gasteiger partial charge in [-0.3, -0.25) is 9.79 Å². The molecule has 1 fully saturated rings. The fourth-order valence-corrected chi connectivity index (χ4v) is 4.21. The number of ether oxygens (including phenoxy) is 1. The zero-order valence-corrected chi connectivity index (χ0v) is 18.4. The summed E-state index contributed by atoms with van der Waals surface area (Å²) < 4.78 is 44.9. The van der Waals surface area contributed by atoms with Crippen LogP contribution in [0.1, 0.15) is 43.2 Å². The van der Waals surface area contributed by atoms with Crippen LogP contribution < -0.4 is 4.74 Å². The van der Waals surface area contributed by atoms with E-state index in [1.54, 1.807) is 6.20 Å². The van der Waals surface area contributed by atoms with E-state index in [1.807, 2.05) is 43.3 Å². The third kappa shape index (κ3) is 5.97. The summed E-state index contributed by atoms with van der Waals surface area (Å²) in [4.78, 5) is 20.2. The van der Waals surface area contributed by atoms with Gasteiger partial charge in [0.25, 0.3) is 0 Å². The number of benzene rings is 1. The molecule has 2 aliphatic rings. The number of carbonyl (C=O) groups is 1. The number of Topliss-reactive ketones (excluding diaryl/α,β-unsaturated/α-hetero) is 1. The lowest BCUT2D eigenvalue weighted by molar-refractivity contribution is -0.116. The minimum absolute atomic E-state index is 0.0732. The number of hydrogen-bond donors (Lipinski definition) is 0. The molecule has 0 spiro atoms. The maximum Gasteiger partial charge on any atom is 0.433 e. The number of allylic oxidation sites excluding steroid dienone is 2. The van der Waals surface area contributed by atoms with Crippen LogP contribution in [0.4, 0.5) is 13.2 Å². The Balaban J connectivity index is 1.33. The van der Waals surface area contributed by atoms with Crippen LogP contribution in [-0.4, -0.2) is 29.2 Å². The molecule has 0 atom stereocenters. The molecule has 4 nitrogen and oxygen atoms in total. The van der Waals surface area contributed by atoms with Crippen LogP contribution in [0.15, 0.2) is 64.8 Å². The van der Waals surface area contributed by atoms with Gasteiger partial charge in [0.1, 0.15) is 11.5 Å². The van der Waals surface area contributed by atoms with Crippen molar-refractivity contribution in [2.45, 2.75) is 45.2 Å². The number of aliphatic imine (C=N–C) groups is 1.